The summed E-state index contributed by atoms with van der Waals surface area (Å²) in [5, 5.41) is 2.83. The lowest BCUT2D eigenvalue weighted by molar-refractivity contribution is 0.513. The number of halogens is 1. The quantitative estimate of drug-likeness (QED) is 0.625. The molecule has 0 saturated heterocycles. The molecule has 1 heterocycles. The van der Waals surface area contributed by atoms with Crippen molar-refractivity contribution in [1.82, 2.24) is 4.98 Å². The number of hydrogen-bond donors (Lipinski definition) is 1. The van der Waals surface area contributed by atoms with Crippen LogP contribution in [0.1, 0.15) is 0 Å². The lowest BCUT2D eigenvalue weighted by Crippen LogP contribution is -2.09. The zero-order chi connectivity index (χ0) is 8.10. The van der Waals surface area contributed by atoms with E-state index in [-0.39, 0.29) is 6.67 Å². The molecular weight excluding hydrogens is 142 g/mol. The van der Waals surface area contributed by atoms with Crippen LogP contribution in [0.15, 0.2) is 18.3 Å². The third-order valence-electron chi connectivity index (χ3n) is 1.21. The molecule has 4 heteroatoms. The van der Waals surface area contributed by atoms with E-state index in [0.29, 0.717) is 12.1 Å². The van der Waals surface area contributed by atoms with Crippen molar-refractivity contribution in [3.8, 4) is 0 Å². The van der Waals surface area contributed by atoms with Gasteiger partial charge in [-0.2, -0.15) is 0 Å². The van der Waals surface area contributed by atoms with E-state index in [1.165, 1.54) is 0 Å². The molecule has 0 fully saturated rings. The molecule has 11 heavy (non-hydrogen) atoms. The Labute approximate surface area is 66.2 Å². The lowest BCUT2D eigenvalue weighted by atomic mass is 10.0. The van der Waals surface area contributed by atoms with Crippen LogP contribution < -0.4 is 10.9 Å². The number of rotatable bonds is 3. The largest absolute Gasteiger partial charge is 0.381 e. The van der Waals surface area contributed by atoms with E-state index in [9.17, 15) is 4.39 Å². The van der Waals surface area contributed by atoms with Gasteiger partial charge in [0.05, 0.1) is 5.69 Å². The van der Waals surface area contributed by atoms with Gasteiger partial charge in [0.2, 0.25) is 0 Å². The summed E-state index contributed by atoms with van der Waals surface area (Å²) in [5.41, 5.74) is 1.26. The van der Waals surface area contributed by atoms with Crippen molar-refractivity contribution >= 4 is 19.1 Å². The van der Waals surface area contributed by atoms with Crippen LogP contribution in [0.3, 0.4) is 0 Å². The maximum Gasteiger partial charge on any atom is 0.141 e. The average molecular weight is 150 g/mol. The Morgan fingerprint density at radius 2 is 2.36 bits per heavy atom. The lowest BCUT2D eigenvalue weighted by Gasteiger charge is -2.01. The normalized spacial score (nSPS) is 9.55. The molecule has 0 amide bonds. The minimum Gasteiger partial charge on any atom is -0.381 e. The summed E-state index contributed by atoms with van der Waals surface area (Å²) in [4.78, 5) is 3.82. The van der Waals surface area contributed by atoms with Gasteiger partial charge in [-0.1, -0.05) is 0 Å². The Balaban J connectivity index is 2.52. The van der Waals surface area contributed by atoms with Crippen molar-refractivity contribution in [2.24, 2.45) is 0 Å². The van der Waals surface area contributed by atoms with Gasteiger partial charge in [-0.25, -0.2) is 4.39 Å². The summed E-state index contributed by atoms with van der Waals surface area (Å²) >= 11 is 0. The van der Waals surface area contributed by atoms with Crippen LogP contribution in [-0.4, -0.2) is 26.0 Å². The van der Waals surface area contributed by atoms with Crippen molar-refractivity contribution in [2.75, 3.05) is 18.5 Å². The van der Waals surface area contributed by atoms with Gasteiger partial charge in [0.1, 0.15) is 14.5 Å². The number of anilines is 1. The second-order valence-corrected chi connectivity index (χ2v) is 2.09. The van der Waals surface area contributed by atoms with E-state index in [1.54, 1.807) is 18.3 Å². The highest BCUT2D eigenvalue weighted by molar-refractivity contribution is 6.30. The van der Waals surface area contributed by atoms with Crippen LogP contribution in [0.2, 0.25) is 0 Å². The van der Waals surface area contributed by atoms with Crippen molar-refractivity contribution in [1.29, 1.82) is 0 Å². The second kappa shape index (κ2) is 3.96. The minimum absolute atomic E-state index is 0.311. The van der Waals surface area contributed by atoms with Crippen molar-refractivity contribution in [2.45, 2.75) is 0 Å². The first-order valence-electron chi connectivity index (χ1n) is 3.34. The van der Waals surface area contributed by atoms with Gasteiger partial charge in [-0.3, -0.25) is 4.98 Å². The van der Waals surface area contributed by atoms with Crippen LogP contribution >= 0.6 is 0 Å². The van der Waals surface area contributed by atoms with Gasteiger partial charge in [0.15, 0.2) is 0 Å². The molecule has 0 spiro atoms. The first-order chi connectivity index (χ1) is 5.33. The average Bonchev–Trinajstić information content (AvgIpc) is 2.04. The summed E-state index contributed by atoms with van der Waals surface area (Å²) < 4.78 is 11.7. The molecule has 56 valence electrons. The summed E-state index contributed by atoms with van der Waals surface area (Å²) in [6.45, 7) is -0.0734. The highest BCUT2D eigenvalue weighted by Gasteiger charge is 1.89. The fourth-order valence-electron chi connectivity index (χ4n) is 0.701. The fourth-order valence-corrected chi connectivity index (χ4v) is 0.701. The highest BCUT2D eigenvalue weighted by Crippen LogP contribution is 1.99. The molecular formula is C7H8BFN2. The molecule has 1 aromatic rings. The predicted octanol–water partition coefficient (Wildman–Crippen LogP) is 0.257. The number of pyridine rings is 1. The Morgan fingerprint density at radius 1 is 1.55 bits per heavy atom. The maximum atomic E-state index is 11.7. The van der Waals surface area contributed by atoms with Crippen LogP contribution in [0.25, 0.3) is 0 Å². The molecule has 1 aromatic heterocycles. The smallest absolute Gasteiger partial charge is 0.141 e. The molecule has 0 unspecified atom stereocenters. The minimum atomic E-state index is -0.385. The molecule has 0 bridgehead atoms. The molecule has 1 N–H and O–H groups in total. The van der Waals surface area contributed by atoms with Crippen molar-refractivity contribution < 1.29 is 4.39 Å². The first-order valence-corrected chi connectivity index (χ1v) is 3.34. The SMILES string of the molecule is [B]c1ccc(NCCF)cn1. The molecule has 0 aromatic carbocycles. The van der Waals surface area contributed by atoms with Gasteiger partial charge in [-0.15, -0.1) is 0 Å². The van der Waals surface area contributed by atoms with E-state index in [1.807, 2.05) is 0 Å². The number of nitrogens with one attached hydrogen (secondary N) is 1. The summed E-state index contributed by atoms with van der Waals surface area (Å²) in [6.07, 6.45) is 1.57. The Kier molecular flexibility index (Phi) is 2.89. The molecule has 2 nitrogen and oxygen atoms in total. The van der Waals surface area contributed by atoms with Crippen LogP contribution in [0.5, 0.6) is 0 Å². The Bertz CT molecular complexity index is 212. The van der Waals surface area contributed by atoms with Crippen molar-refractivity contribution in [3.05, 3.63) is 18.3 Å². The number of hydrogen-bond acceptors (Lipinski definition) is 2. The highest BCUT2D eigenvalue weighted by atomic mass is 19.1. The number of aromatic nitrogens is 1. The monoisotopic (exact) mass is 150 g/mol. The number of alkyl halides is 1. The summed E-state index contributed by atoms with van der Waals surface area (Å²) in [6, 6.07) is 3.43. The zero-order valence-electron chi connectivity index (χ0n) is 6.05. The summed E-state index contributed by atoms with van der Waals surface area (Å²) in [7, 11) is 5.34. The Morgan fingerprint density at radius 3 is 2.91 bits per heavy atom. The van der Waals surface area contributed by atoms with Gasteiger partial charge in [0.25, 0.3) is 0 Å². The topological polar surface area (TPSA) is 24.9 Å². The van der Waals surface area contributed by atoms with E-state index in [4.69, 9.17) is 7.85 Å². The van der Waals surface area contributed by atoms with E-state index < -0.39 is 0 Å². The summed E-state index contributed by atoms with van der Waals surface area (Å²) in [5.74, 6) is 0. The molecule has 2 radical (unpaired) electrons. The van der Waals surface area contributed by atoms with Crippen LogP contribution in [0, 0.1) is 0 Å². The van der Waals surface area contributed by atoms with Gasteiger partial charge in [0, 0.05) is 12.7 Å². The first kappa shape index (κ1) is 8.05. The molecule has 0 saturated carbocycles. The van der Waals surface area contributed by atoms with E-state index in [0.717, 1.165) is 5.69 Å². The Hall–Kier alpha value is -1.06. The van der Waals surface area contributed by atoms with Crippen molar-refractivity contribution in [3.63, 3.8) is 0 Å². The molecule has 0 aliphatic heterocycles. The van der Waals surface area contributed by atoms with E-state index >= 15 is 0 Å². The third-order valence-corrected chi connectivity index (χ3v) is 1.21. The van der Waals surface area contributed by atoms with E-state index in [2.05, 4.69) is 10.3 Å². The molecule has 0 aliphatic rings. The second-order valence-electron chi connectivity index (χ2n) is 2.09. The third kappa shape index (κ3) is 2.57. The maximum absolute atomic E-state index is 11.7. The van der Waals surface area contributed by atoms with Gasteiger partial charge >= 0.3 is 0 Å². The molecule has 0 atom stereocenters. The fraction of sp³-hybridized carbons (Fsp3) is 0.286. The standard InChI is InChI=1S/C7H8BFN2/c8-7-2-1-6(5-11-7)10-4-3-9/h1-2,5,10H,3-4H2. The molecule has 0 aliphatic carbocycles. The van der Waals surface area contributed by atoms with Crippen LogP contribution in [-0.2, 0) is 0 Å². The van der Waals surface area contributed by atoms with Crippen LogP contribution in [0.4, 0.5) is 10.1 Å². The van der Waals surface area contributed by atoms with Gasteiger partial charge < -0.3 is 5.32 Å². The molecule has 1 rings (SSSR count). The number of nitrogens with zero attached hydrogens (tertiary/aromatic N) is 1. The zero-order valence-corrected chi connectivity index (χ0v) is 6.05. The van der Waals surface area contributed by atoms with Gasteiger partial charge in [-0.05, 0) is 17.7 Å². The predicted molar refractivity (Wildman–Crippen MR) is 44.1 cm³/mol.